The van der Waals surface area contributed by atoms with Crippen LogP contribution in [0.3, 0.4) is 0 Å². The smallest absolute Gasteiger partial charge is 0.233 e. The number of thioether (sulfide) groups is 1. The van der Waals surface area contributed by atoms with Crippen molar-refractivity contribution in [2.24, 2.45) is 0 Å². The molecule has 3 rings (SSSR count). The predicted octanol–water partition coefficient (Wildman–Crippen LogP) is 4.18. The molecule has 3 nitrogen and oxygen atoms in total. The van der Waals surface area contributed by atoms with Crippen LogP contribution >= 0.6 is 23.1 Å². The van der Waals surface area contributed by atoms with Gasteiger partial charge in [0, 0.05) is 12.6 Å². The van der Waals surface area contributed by atoms with Gasteiger partial charge < -0.3 is 4.90 Å². The maximum absolute atomic E-state index is 12.4. The van der Waals surface area contributed by atoms with Gasteiger partial charge in [0.15, 0.2) is 4.34 Å². The van der Waals surface area contributed by atoms with Gasteiger partial charge in [0.1, 0.15) is 0 Å². The largest absolute Gasteiger partial charge is 0.339 e. The minimum atomic E-state index is 0.269. The summed E-state index contributed by atoms with van der Waals surface area (Å²) < 4.78 is 2.19. The molecular weight excluding hydrogens is 300 g/mol. The molecule has 0 saturated carbocycles. The Morgan fingerprint density at radius 1 is 1.43 bits per heavy atom. The van der Waals surface area contributed by atoms with Crippen molar-refractivity contribution in [1.29, 1.82) is 0 Å². The number of aromatic nitrogens is 1. The van der Waals surface area contributed by atoms with E-state index in [-0.39, 0.29) is 5.91 Å². The van der Waals surface area contributed by atoms with Crippen molar-refractivity contribution in [3.8, 4) is 0 Å². The zero-order chi connectivity index (χ0) is 14.7. The molecule has 0 radical (unpaired) electrons. The second kappa shape index (κ2) is 6.79. The quantitative estimate of drug-likeness (QED) is 0.792. The summed E-state index contributed by atoms with van der Waals surface area (Å²) in [6.07, 6.45) is 4.63. The number of nitrogens with zero attached hydrogens (tertiary/aromatic N) is 2. The molecule has 1 aliphatic rings. The van der Waals surface area contributed by atoms with Crippen molar-refractivity contribution in [2.45, 2.75) is 43.0 Å². The molecule has 1 atom stereocenters. The number of rotatable bonds is 4. The third kappa shape index (κ3) is 3.40. The van der Waals surface area contributed by atoms with Crippen LogP contribution in [0.2, 0.25) is 0 Å². The van der Waals surface area contributed by atoms with Gasteiger partial charge >= 0.3 is 0 Å². The standard InChI is InChI=1S/C16H20N2OS2/c1-2-12-7-5-6-10-18(12)15(19)11-20-16-17-13-8-3-4-9-14(13)21-16/h3-4,8-9,12H,2,5-7,10-11H2,1H3/t12-/m1/s1. The van der Waals surface area contributed by atoms with E-state index in [4.69, 9.17) is 0 Å². The molecule has 112 valence electrons. The van der Waals surface area contributed by atoms with Gasteiger partial charge in [-0.05, 0) is 37.8 Å². The molecule has 1 aliphatic heterocycles. The summed E-state index contributed by atoms with van der Waals surface area (Å²) in [6, 6.07) is 8.58. The number of carbonyl (C=O) groups is 1. The molecule has 1 saturated heterocycles. The molecule has 1 aromatic heterocycles. The summed E-state index contributed by atoms with van der Waals surface area (Å²) in [5.74, 6) is 0.780. The summed E-state index contributed by atoms with van der Waals surface area (Å²) in [5, 5.41) is 0. The second-order valence-electron chi connectivity index (χ2n) is 5.38. The Kier molecular flexibility index (Phi) is 4.80. The Balaban J connectivity index is 1.62. The van der Waals surface area contributed by atoms with Gasteiger partial charge in [-0.3, -0.25) is 4.79 Å². The van der Waals surface area contributed by atoms with Crippen LogP contribution < -0.4 is 0 Å². The Morgan fingerprint density at radius 3 is 3.10 bits per heavy atom. The molecule has 5 heteroatoms. The molecule has 1 aromatic carbocycles. The van der Waals surface area contributed by atoms with Crippen LogP contribution in [0.15, 0.2) is 28.6 Å². The van der Waals surface area contributed by atoms with Crippen molar-refractivity contribution in [2.75, 3.05) is 12.3 Å². The highest BCUT2D eigenvalue weighted by Gasteiger charge is 2.25. The lowest BCUT2D eigenvalue weighted by molar-refractivity contribution is -0.132. The Bertz CT molecular complexity index is 593. The molecule has 0 spiro atoms. The summed E-state index contributed by atoms with van der Waals surface area (Å²) in [6.45, 7) is 3.11. The topological polar surface area (TPSA) is 33.2 Å². The van der Waals surface area contributed by atoms with E-state index < -0.39 is 0 Å². The van der Waals surface area contributed by atoms with Crippen LogP contribution in [-0.4, -0.2) is 34.1 Å². The lowest BCUT2D eigenvalue weighted by atomic mass is 10.0. The minimum Gasteiger partial charge on any atom is -0.339 e. The van der Waals surface area contributed by atoms with Gasteiger partial charge in [0.2, 0.25) is 5.91 Å². The fourth-order valence-electron chi connectivity index (χ4n) is 2.87. The number of para-hydroxylation sites is 1. The number of hydrogen-bond acceptors (Lipinski definition) is 4. The molecule has 0 aliphatic carbocycles. The summed E-state index contributed by atoms with van der Waals surface area (Å²) >= 11 is 3.25. The molecule has 0 N–H and O–H groups in total. The number of benzene rings is 1. The van der Waals surface area contributed by atoms with Crippen molar-refractivity contribution < 1.29 is 4.79 Å². The highest BCUT2D eigenvalue weighted by molar-refractivity contribution is 8.01. The number of piperidine rings is 1. The third-order valence-corrected chi connectivity index (χ3v) is 6.18. The summed E-state index contributed by atoms with van der Waals surface area (Å²) in [7, 11) is 0. The fraction of sp³-hybridized carbons (Fsp3) is 0.500. The maximum atomic E-state index is 12.4. The lowest BCUT2D eigenvalue weighted by Gasteiger charge is -2.35. The first-order valence-corrected chi connectivity index (χ1v) is 9.36. The van der Waals surface area contributed by atoms with E-state index in [2.05, 4.69) is 22.9 Å². The van der Waals surface area contributed by atoms with Crippen molar-refractivity contribution in [3.63, 3.8) is 0 Å². The van der Waals surface area contributed by atoms with Crippen LogP contribution in [0.5, 0.6) is 0 Å². The highest BCUT2D eigenvalue weighted by atomic mass is 32.2. The molecular formula is C16H20N2OS2. The molecule has 21 heavy (non-hydrogen) atoms. The zero-order valence-corrected chi connectivity index (χ0v) is 13.9. The van der Waals surface area contributed by atoms with E-state index in [1.807, 2.05) is 18.2 Å². The second-order valence-corrected chi connectivity index (χ2v) is 7.63. The van der Waals surface area contributed by atoms with E-state index in [1.165, 1.54) is 11.1 Å². The summed E-state index contributed by atoms with van der Waals surface area (Å²) in [5.41, 5.74) is 1.03. The predicted molar refractivity (Wildman–Crippen MR) is 90.0 cm³/mol. The number of amides is 1. The Labute approximate surface area is 133 Å². The average molecular weight is 320 g/mol. The number of likely N-dealkylation sites (tertiary alicyclic amines) is 1. The molecule has 0 bridgehead atoms. The number of hydrogen-bond donors (Lipinski definition) is 0. The third-order valence-electron chi connectivity index (χ3n) is 4.01. The van der Waals surface area contributed by atoms with Crippen LogP contribution in [0.1, 0.15) is 32.6 Å². The Morgan fingerprint density at radius 2 is 2.29 bits per heavy atom. The van der Waals surface area contributed by atoms with Gasteiger partial charge in [-0.1, -0.05) is 30.8 Å². The SMILES string of the molecule is CC[C@@H]1CCCCN1C(=O)CSc1nc2ccccc2s1. The maximum Gasteiger partial charge on any atom is 0.233 e. The monoisotopic (exact) mass is 320 g/mol. The molecule has 0 unspecified atom stereocenters. The van der Waals surface area contributed by atoms with Crippen LogP contribution in [0.4, 0.5) is 0 Å². The van der Waals surface area contributed by atoms with Crippen LogP contribution in [0, 0.1) is 0 Å². The molecule has 1 amide bonds. The average Bonchev–Trinajstić information content (AvgIpc) is 2.95. The van der Waals surface area contributed by atoms with Gasteiger partial charge in [0.25, 0.3) is 0 Å². The van der Waals surface area contributed by atoms with E-state index >= 15 is 0 Å². The highest BCUT2D eigenvalue weighted by Crippen LogP contribution is 2.30. The van der Waals surface area contributed by atoms with Crippen LogP contribution in [-0.2, 0) is 4.79 Å². The Hall–Kier alpha value is -1.07. The number of fused-ring (bicyclic) bond motifs is 1. The summed E-state index contributed by atoms with van der Waals surface area (Å²) in [4.78, 5) is 19.1. The molecule has 2 aromatic rings. The first-order chi connectivity index (χ1) is 10.3. The zero-order valence-electron chi connectivity index (χ0n) is 12.2. The molecule has 1 fully saturated rings. The van der Waals surface area contributed by atoms with Crippen molar-refractivity contribution in [3.05, 3.63) is 24.3 Å². The normalized spacial score (nSPS) is 19.1. The van der Waals surface area contributed by atoms with Gasteiger partial charge in [-0.25, -0.2) is 4.98 Å². The van der Waals surface area contributed by atoms with Crippen molar-refractivity contribution in [1.82, 2.24) is 9.88 Å². The first-order valence-electron chi connectivity index (χ1n) is 7.55. The molecule has 2 heterocycles. The first kappa shape index (κ1) is 14.9. The minimum absolute atomic E-state index is 0.269. The van der Waals surface area contributed by atoms with Crippen LogP contribution in [0.25, 0.3) is 10.2 Å². The van der Waals surface area contributed by atoms with E-state index in [0.29, 0.717) is 11.8 Å². The van der Waals surface area contributed by atoms with E-state index in [9.17, 15) is 4.79 Å². The van der Waals surface area contributed by atoms with Crippen molar-refractivity contribution >= 4 is 39.2 Å². The lowest BCUT2D eigenvalue weighted by Crippen LogP contribution is -2.44. The number of carbonyl (C=O) groups excluding carboxylic acids is 1. The fourth-order valence-corrected chi connectivity index (χ4v) is 4.83. The van der Waals surface area contributed by atoms with Gasteiger partial charge in [-0.15, -0.1) is 11.3 Å². The van der Waals surface area contributed by atoms with E-state index in [0.717, 1.165) is 35.7 Å². The van der Waals surface area contributed by atoms with E-state index in [1.54, 1.807) is 23.1 Å². The number of thiazole rings is 1. The van der Waals surface area contributed by atoms with Gasteiger partial charge in [0.05, 0.1) is 16.0 Å². The van der Waals surface area contributed by atoms with Gasteiger partial charge in [-0.2, -0.15) is 0 Å².